The van der Waals surface area contributed by atoms with Gasteiger partial charge in [-0.2, -0.15) is 10.2 Å². The van der Waals surface area contributed by atoms with E-state index in [9.17, 15) is 8.42 Å². The van der Waals surface area contributed by atoms with Crippen LogP contribution in [0, 0.1) is 6.92 Å². The molecule has 0 atom stereocenters. The van der Waals surface area contributed by atoms with E-state index in [-0.39, 0.29) is 17.3 Å². The lowest BCUT2D eigenvalue weighted by molar-refractivity contribution is 0.579. The van der Waals surface area contributed by atoms with Crippen molar-refractivity contribution in [2.75, 3.05) is 5.73 Å². The molecule has 0 aliphatic carbocycles. The van der Waals surface area contributed by atoms with Crippen molar-refractivity contribution in [1.82, 2.24) is 24.7 Å². The summed E-state index contributed by atoms with van der Waals surface area (Å²) in [6, 6.07) is 1.68. The summed E-state index contributed by atoms with van der Waals surface area (Å²) in [6.07, 6.45) is 1.55. The van der Waals surface area contributed by atoms with Gasteiger partial charge < -0.3 is 5.73 Å². The minimum absolute atomic E-state index is 0.00730. The second kappa shape index (κ2) is 4.42. The third-order valence-electron chi connectivity index (χ3n) is 2.58. The Morgan fingerprint density at radius 3 is 2.78 bits per heavy atom. The Bertz CT molecular complexity index is 643. The number of nitrogen functional groups attached to an aromatic ring is 1. The Morgan fingerprint density at radius 2 is 2.28 bits per heavy atom. The van der Waals surface area contributed by atoms with Gasteiger partial charge in [0.05, 0.1) is 17.9 Å². The molecule has 0 aromatic carbocycles. The van der Waals surface area contributed by atoms with E-state index in [1.807, 2.05) is 0 Å². The van der Waals surface area contributed by atoms with Gasteiger partial charge >= 0.3 is 0 Å². The lowest BCUT2D eigenvalue weighted by atomic mass is 10.4. The molecule has 98 valence electrons. The summed E-state index contributed by atoms with van der Waals surface area (Å²) in [4.78, 5) is 0.0181. The molecule has 2 aromatic heterocycles. The predicted molar refractivity (Wildman–Crippen MR) is 65.0 cm³/mol. The van der Waals surface area contributed by atoms with Crippen molar-refractivity contribution in [3.8, 4) is 0 Å². The number of aryl methyl sites for hydroxylation is 1. The summed E-state index contributed by atoms with van der Waals surface area (Å²) in [6.45, 7) is 1.77. The second-order valence-electron chi connectivity index (χ2n) is 3.83. The van der Waals surface area contributed by atoms with Crippen LogP contribution in [0.4, 0.5) is 5.82 Å². The van der Waals surface area contributed by atoms with Crippen LogP contribution in [0.5, 0.6) is 0 Å². The molecule has 8 nitrogen and oxygen atoms in total. The molecule has 18 heavy (non-hydrogen) atoms. The van der Waals surface area contributed by atoms with Crippen molar-refractivity contribution in [2.24, 2.45) is 7.05 Å². The number of nitrogens with one attached hydrogen (secondary N) is 2. The number of sulfonamides is 1. The van der Waals surface area contributed by atoms with Crippen molar-refractivity contribution in [3.05, 3.63) is 23.7 Å². The monoisotopic (exact) mass is 270 g/mol. The molecule has 0 aliphatic rings. The zero-order valence-corrected chi connectivity index (χ0v) is 10.8. The molecule has 0 saturated heterocycles. The van der Waals surface area contributed by atoms with Crippen molar-refractivity contribution < 1.29 is 8.42 Å². The molecular formula is C9H14N6O2S. The Balaban J connectivity index is 2.26. The third-order valence-corrected chi connectivity index (χ3v) is 4.15. The van der Waals surface area contributed by atoms with E-state index in [2.05, 4.69) is 20.0 Å². The number of H-pyrrole nitrogens is 1. The number of hydrogen-bond donors (Lipinski definition) is 3. The van der Waals surface area contributed by atoms with Gasteiger partial charge in [-0.05, 0) is 13.0 Å². The topological polar surface area (TPSA) is 119 Å². The molecule has 0 aliphatic heterocycles. The summed E-state index contributed by atoms with van der Waals surface area (Å²) in [5.41, 5.74) is 6.76. The van der Waals surface area contributed by atoms with E-state index in [1.165, 1.54) is 4.68 Å². The molecule has 0 spiro atoms. The number of aromatic amines is 1. The first kappa shape index (κ1) is 12.6. The number of hydrogen-bond acceptors (Lipinski definition) is 5. The molecule has 2 aromatic rings. The maximum Gasteiger partial charge on any atom is 0.246 e. The Hall–Kier alpha value is -1.87. The van der Waals surface area contributed by atoms with Crippen LogP contribution in [0.3, 0.4) is 0 Å². The fourth-order valence-corrected chi connectivity index (χ4v) is 2.90. The largest absolute Gasteiger partial charge is 0.381 e. The number of aromatic nitrogens is 4. The van der Waals surface area contributed by atoms with Crippen LogP contribution in [0.2, 0.25) is 0 Å². The summed E-state index contributed by atoms with van der Waals surface area (Å²) in [5.74, 6) is -0.00730. The van der Waals surface area contributed by atoms with Crippen molar-refractivity contribution >= 4 is 15.8 Å². The Morgan fingerprint density at radius 1 is 1.56 bits per heavy atom. The normalized spacial score (nSPS) is 11.9. The lowest BCUT2D eigenvalue weighted by Crippen LogP contribution is -2.24. The van der Waals surface area contributed by atoms with Crippen LogP contribution < -0.4 is 10.5 Å². The first-order chi connectivity index (χ1) is 8.42. The van der Waals surface area contributed by atoms with Crippen LogP contribution in [0.25, 0.3) is 0 Å². The van der Waals surface area contributed by atoms with Gasteiger partial charge in [0.15, 0.2) is 5.82 Å². The molecule has 2 heterocycles. The maximum atomic E-state index is 12.1. The number of nitrogens with two attached hydrogens (primary N) is 1. The van der Waals surface area contributed by atoms with Crippen molar-refractivity contribution in [1.29, 1.82) is 0 Å². The first-order valence-electron chi connectivity index (χ1n) is 5.19. The van der Waals surface area contributed by atoms with Gasteiger partial charge in [-0.1, -0.05) is 0 Å². The lowest BCUT2D eigenvalue weighted by Gasteiger charge is -2.05. The molecule has 2 rings (SSSR count). The first-order valence-corrected chi connectivity index (χ1v) is 6.67. The summed E-state index contributed by atoms with van der Waals surface area (Å²) in [5, 5.41) is 10.3. The quantitative estimate of drug-likeness (QED) is 0.693. The molecule has 0 unspecified atom stereocenters. The van der Waals surface area contributed by atoms with E-state index >= 15 is 0 Å². The van der Waals surface area contributed by atoms with E-state index in [0.717, 1.165) is 0 Å². The molecular weight excluding hydrogens is 256 g/mol. The minimum atomic E-state index is -3.68. The fourth-order valence-electron chi connectivity index (χ4n) is 1.57. The Labute approximate surface area is 104 Å². The third kappa shape index (κ3) is 2.22. The number of rotatable bonds is 4. The minimum Gasteiger partial charge on any atom is -0.381 e. The molecule has 0 bridgehead atoms. The maximum absolute atomic E-state index is 12.1. The highest BCUT2D eigenvalue weighted by Gasteiger charge is 2.24. The zero-order valence-electron chi connectivity index (χ0n) is 10.0. The standard InChI is InChI=1S/C9H14N6O2S/c1-6-8(9(10)14-15(6)2)18(16,17)12-5-7-3-4-11-13-7/h3-4,12H,5H2,1-2H3,(H2,10,14)(H,11,13). The van der Waals surface area contributed by atoms with Crippen LogP contribution in [-0.4, -0.2) is 28.4 Å². The molecule has 0 fully saturated rings. The van der Waals surface area contributed by atoms with Crippen LogP contribution >= 0.6 is 0 Å². The highest BCUT2D eigenvalue weighted by atomic mass is 32.2. The van der Waals surface area contributed by atoms with Crippen LogP contribution in [0.1, 0.15) is 11.4 Å². The zero-order chi connectivity index (χ0) is 13.3. The Kier molecular flexibility index (Phi) is 3.09. The predicted octanol–water partition coefficient (Wildman–Crippen LogP) is -0.488. The van der Waals surface area contributed by atoms with Gasteiger partial charge in [-0.15, -0.1) is 0 Å². The highest BCUT2D eigenvalue weighted by molar-refractivity contribution is 7.89. The smallest absolute Gasteiger partial charge is 0.246 e. The molecule has 0 saturated carbocycles. The van der Waals surface area contributed by atoms with Gasteiger partial charge in [0.25, 0.3) is 0 Å². The SMILES string of the molecule is Cc1c(S(=O)(=O)NCc2ccn[nH]2)c(N)nn1C. The van der Waals surface area contributed by atoms with E-state index in [0.29, 0.717) is 11.4 Å². The summed E-state index contributed by atoms with van der Waals surface area (Å²) >= 11 is 0. The highest BCUT2D eigenvalue weighted by Crippen LogP contribution is 2.20. The molecule has 0 amide bonds. The molecule has 9 heteroatoms. The van der Waals surface area contributed by atoms with Gasteiger partial charge in [0.2, 0.25) is 10.0 Å². The molecule has 4 N–H and O–H groups in total. The van der Waals surface area contributed by atoms with E-state index < -0.39 is 10.0 Å². The number of anilines is 1. The van der Waals surface area contributed by atoms with Crippen LogP contribution in [-0.2, 0) is 23.6 Å². The number of nitrogens with zero attached hydrogens (tertiary/aromatic N) is 3. The van der Waals surface area contributed by atoms with Gasteiger partial charge in [0.1, 0.15) is 4.90 Å². The fraction of sp³-hybridized carbons (Fsp3) is 0.333. The molecule has 0 radical (unpaired) electrons. The van der Waals surface area contributed by atoms with Gasteiger partial charge in [-0.25, -0.2) is 13.1 Å². The van der Waals surface area contributed by atoms with Crippen molar-refractivity contribution in [3.63, 3.8) is 0 Å². The average Bonchev–Trinajstić information content (AvgIpc) is 2.86. The van der Waals surface area contributed by atoms with E-state index in [4.69, 9.17) is 5.73 Å². The second-order valence-corrected chi connectivity index (χ2v) is 5.53. The van der Waals surface area contributed by atoms with Crippen molar-refractivity contribution in [2.45, 2.75) is 18.4 Å². The average molecular weight is 270 g/mol. The summed E-state index contributed by atoms with van der Waals surface area (Å²) < 4.78 is 28.1. The summed E-state index contributed by atoms with van der Waals surface area (Å²) in [7, 11) is -2.04. The van der Waals surface area contributed by atoms with Crippen LogP contribution in [0.15, 0.2) is 17.2 Å². The van der Waals surface area contributed by atoms with Gasteiger partial charge in [-0.3, -0.25) is 9.78 Å². The van der Waals surface area contributed by atoms with Gasteiger partial charge in [0, 0.05) is 13.2 Å². The van der Waals surface area contributed by atoms with E-state index in [1.54, 1.807) is 26.2 Å².